The van der Waals surface area contributed by atoms with Gasteiger partial charge in [0.05, 0.1) is 22.9 Å². The smallest absolute Gasteiger partial charge is 0.335 e. The monoisotopic (exact) mass is 272 g/mol. The van der Waals surface area contributed by atoms with Crippen LogP contribution in [0.5, 0.6) is 0 Å². The van der Waals surface area contributed by atoms with Crippen LogP contribution in [0.3, 0.4) is 0 Å². The number of hydrogen-bond donors (Lipinski definition) is 1. The molecule has 1 N–H and O–H groups in total. The Labute approximate surface area is 116 Å². The molecule has 1 atom stereocenters. The molecule has 1 heterocycles. The van der Waals surface area contributed by atoms with E-state index in [2.05, 4.69) is 5.10 Å². The van der Waals surface area contributed by atoms with E-state index in [1.54, 1.807) is 12.1 Å². The number of nitrogens with zero attached hydrogens (tertiary/aromatic N) is 2. The zero-order valence-electron chi connectivity index (χ0n) is 11.1. The van der Waals surface area contributed by atoms with Crippen molar-refractivity contribution in [3.63, 3.8) is 0 Å². The molecule has 0 saturated heterocycles. The number of carboxylic acids is 1. The van der Waals surface area contributed by atoms with E-state index in [0.717, 1.165) is 37.8 Å². The lowest BCUT2D eigenvalue weighted by Gasteiger charge is -2.14. The summed E-state index contributed by atoms with van der Waals surface area (Å²) in [5, 5.41) is 14.8. The average molecular weight is 272 g/mol. The predicted octanol–water partition coefficient (Wildman–Crippen LogP) is 2.67. The number of anilines is 1. The molecule has 1 aliphatic carbocycles. The summed E-state index contributed by atoms with van der Waals surface area (Å²) in [5.74, 6) is -1.03. The third kappa shape index (κ3) is 2.19. The molecule has 104 valence electrons. The minimum atomic E-state index is -0.972. The van der Waals surface area contributed by atoms with Crippen LogP contribution in [0.15, 0.2) is 29.4 Å². The highest BCUT2D eigenvalue weighted by molar-refractivity contribution is 6.15. The zero-order valence-corrected chi connectivity index (χ0v) is 11.1. The van der Waals surface area contributed by atoms with Crippen molar-refractivity contribution in [2.75, 3.05) is 5.01 Å². The van der Waals surface area contributed by atoms with Gasteiger partial charge in [-0.05, 0) is 43.5 Å². The first kappa shape index (κ1) is 12.8. The van der Waals surface area contributed by atoms with Gasteiger partial charge < -0.3 is 5.11 Å². The third-order valence-corrected chi connectivity index (χ3v) is 3.92. The minimum Gasteiger partial charge on any atom is -0.478 e. The number of fused-ring (bicyclic) bond motifs is 1. The van der Waals surface area contributed by atoms with E-state index in [9.17, 15) is 9.59 Å². The Morgan fingerprint density at radius 2 is 1.95 bits per heavy atom. The van der Waals surface area contributed by atoms with Crippen LogP contribution < -0.4 is 5.01 Å². The average Bonchev–Trinajstić information content (AvgIpc) is 2.64. The Morgan fingerprint density at radius 1 is 1.20 bits per heavy atom. The summed E-state index contributed by atoms with van der Waals surface area (Å²) in [6.07, 6.45) is 5.09. The van der Waals surface area contributed by atoms with E-state index in [0.29, 0.717) is 5.69 Å². The van der Waals surface area contributed by atoms with E-state index in [1.807, 2.05) is 0 Å². The Morgan fingerprint density at radius 3 is 2.65 bits per heavy atom. The fourth-order valence-corrected chi connectivity index (χ4v) is 2.81. The van der Waals surface area contributed by atoms with Crippen molar-refractivity contribution in [2.45, 2.75) is 32.1 Å². The maximum absolute atomic E-state index is 12.4. The third-order valence-electron chi connectivity index (χ3n) is 3.92. The Balaban J connectivity index is 1.87. The molecule has 1 unspecified atom stereocenters. The van der Waals surface area contributed by atoms with Gasteiger partial charge in [-0.3, -0.25) is 4.79 Å². The molecule has 1 fully saturated rings. The molecule has 2 aliphatic rings. The topological polar surface area (TPSA) is 70.0 Å². The number of benzene rings is 1. The zero-order chi connectivity index (χ0) is 14.1. The molecule has 1 saturated carbocycles. The predicted molar refractivity (Wildman–Crippen MR) is 74.9 cm³/mol. The lowest BCUT2D eigenvalue weighted by Crippen LogP contribution is -2.27. The molecule has 3 rings (SSSR count). The van der Waals surface area contributed by atoms with Crippen LogP contribution in [0.25, 0.3) is 0 Å². The summed E-state index contributed by atoms with van der Waals surface area (Å²) in [6, 6.07) is 6.27. The van der Waals surface area contributed by atoms with Crippen LogP contribution in [0.4, 0.5) is 5.69 Å². The van der Waals surface area contributed by atoms with Crippen LogP contribution >= 0.6 is 0 Å². The molecule has 0 bridgehead atoms. The number of rotatable bonds is 2. The highest BCUT2D eigenvalue weighted by atomic mass is 16.4. The number of carboxylic acid groups (broad SMARTS) is 1. The van der Waals surface area contributed by atoms with Crippen molar-refractivity contribution < 1.29 is 14.7 Å². The molecule has 5 heteroatoms. The summed E-state index contributed by atoms with van der Waals surface area (Å²) >= 11 is 0. The number of hydrazone groups is 1. The Bertz CT molecular complexity index is 577. The quantitative estimate of drug-likeness (QED) is 0.899. The molecule has 5 nitrogen and oxygen atoms in total. The fraction of sp³-hybridized carbons (Fsp3) is 0.400. The summed E-state index contributed by atoms with van der Waals surface area (Å²) in [7, 11) is 0. The summed E-state index contributed by atoms with van der Waals surface area (Å²) in [6.45, 7) is 0. The van der Waals surface area contributed by atoms with E-state index >= 15 is 0 Å². The van der Waals surface area contributed by atoms with Crippen molar-refractivity contribution in [3.8, 4) is 0 Å². The molecular formula is C15H16N2O3. The number of aromatic carboxylic acids is 1. The summed E-state index contributed by atoms with van der Waals surface area (Å²) in [4.78, 5) is 23.2. The van der Waals surface area contributed by atoms with Gasteiger partial charge in [0.25, 0.3) is 5.91 Å². The molecule has 1 amide bonds. The van der Waals surface area contributed by atoms with Crippen LogP contribution in [0.1, 0.15) is 42.5 Å². The number of hydrogen-bond acceptors (Lipinski definition) is 3. The van der Waals surface area contributed by atoms with Gasteiger partial charge >= 0.3 is 5.97 Å². The first-order chi connectivity index (χ1) is 9.66. The van der Waals surface area contributed by atoms with Gasteiger partial charge in [0, 0.05) is 0 Å². The van der Waals surface area contributed by atoms with Crippen molar-refractivity contribution in [2.24, 2.45) is 11.0 Å². The van der Waals surface area contributed by atoms with Crippen molar-refractivity contribution >= 4 is 23.3 Å². The largest absolute Gasteiger partial charge is 0.478 e. The summed E-state index contributed by atoms with van der Waals surface area (Å²) in [5.41, 5.74) is 1.83. The molecule has 1 aromatic rings. The first-order valence-corrected chi connectivity index (χ1v) is 6.91. The van der Waals surface area contributed by atoms with Crippen LogP contribution in [-0.4, -0.2) is 22.7 Å². The second kappa shape index (κ2) is 5.07. The highest BCUT2D eigenvalue weighted by Gasteiger charge is 2.36. The van der Waals surface area contributed by atoms with Gasteiger partial charge in [0.15, 0.2) is 0 Å². The van der Waals surface area contributed by atoms with Crippen molar-refractivity contribution in [3.05, 3.63) is 29.8 Å². The highest BCUT2D eigenvalue weighted by Crippen LogP contribution is 2.31. The van der Waals surface area contributed by atoms with Crippen molar-refractivity contribution in [1.29, 1.82) is 0 Å². The van der Waals surface area contributed by atoms with Crippen LogP contribution in [0.2, 0.25) is 0 Å². The molecule has 0 aromatic heterocycles. The van der Waals surface area contributed by atoms with E-state index in [1.165, 1.54) is 17.1 Å². The van der Waals surface area contributed by atoms with Gasteiger partial charge in [0.1, 0.15) is 0 Å². The lowest BCUT2D eigenvalue weighted by molar-refractivity contribution is -0.119. The second-order valence-electron chi connectivity index (χ2n) is 5.25. The molecule has 0 radical (unpaired) electrons. The van der Waals surface area contributed by atoms with Crippen LogP contribution in [-0.2, 0) is 4.79 Å². The molecular weight excluding hydrogens is 256 g/mol. The summed E-state index contributed by atoms with van der Waals surface area (Å²) < 4.78 is 0. The van der Waals surface area contributed by atoms with Gasteiger partial charge in [-0.1, -0.05) is 12.8 Å². The fourth-order valence-electron chi connectivity index (χ4n) is 2.81. The van der Waals surface area contributed by atoms with Gasteiger partial charge in [-0.25, -0.2) is 9.80 Å². The maximum atomic E-state index is 12.4. The Kier molecular flexibility index (Phi) is 3.26. The second-order valence-corrected chi connectivity index (χ2v) is 5.25. The van der Waals surface area contributed by atoms with Gasteiger partial charge in [0.2, 0.25) is 0 Å². The SMILES string of the molecule is O=C(O)c1ccc(N2N=C3CCCCCC3C2=O)cc1. The molecule has 1 aliphatic heterocycles. The minimum absolute atomic E-state index is 0.0185. The maximum Gasteiger partial charge on any atom is 0.335 e. The normalized spacial score (nSPS) is 22.2. The van der Waals surface area contributed by atoms with Crippen molar-refractivity contribution in [1.82, 2.24) is 0 Å². The van der Waals surface area contributed by atoms with E-state index < -0.39 is 5.97 Å². The van der Waals surface area contributed by atoms with Gasteiger partial charge in [-0.15, -0.1) is 0 Å². The van der Waals surface area contributed by atoms with Crippen LogP contribution in [0, 0.1) is 5.92 Å². The van der Waals surface area contributed by atoms with Gasteiger partial charge in [-0.2, -0.15) is 5.10 Å². The number of amides is 1. The lowest BCUT2D eigenvalue weighted by atomic mass is 9.98. The number of carbonyl (C=O) groups excluding carboxylic acids is 1. The van der Waals surface area contributed by atoms with E-state index in [4.69, 9.17) is 5.11 Å². The Hall–Kier alpha value is -2.17. The first-order valence-electron chi connectivity index (χ1n) is 6.91. The standard InChI is InChI=1S/C15H16N2O3/c18-14-12-4-2-1-3-5-13(12)16-17(14)11-8-6-10(7-9-11)15(19)20/h6-9,12H,1-5H2,(H,19,20). The van der Waals surface area contributed by atoms with E-state index in [-0.39, 0.29) is 17.4 Å². The number of carbonyl (C=O) groups is 2. The molecule has 0 spiro atoms. The molecule has 20 heavy (non-hydrogen) atoms. The molecule has 1 aromatic carbocycles.